The Balaban J connectivity index is 4.41. The van der Waals surface area contributed by atoms with Crippen molar-refractivity contribution < 1.29 is 0 Å². The lowest BCUT2D eigenvalue weighted by Crippen LogP contribution is -1.63. The van der Waals surface area contributed by atoms with Crippen molar-refractivity contribution in [1.29, 1.82) is 5.26 Å². The minimum Gasteiger partial charge on any atom is -0.229 e. The number of nitriles is 1. The Bertz CT molecular complexity index is 171. The molecule has 0 rings (SSSR count). The van der Waals surface area contributed by atoms with Gasteiger partial charge >= 0.3 is 0 Å². The highest BCUT2D eigenvalue weighted by atomic mass is 32.1. The molecule has 0 aliphatic heterocycles. The molecule has 40 valence electrons. The molecule has 0 unspecified atom stereocenters. The lowest BCUT2D eigenvalue weighted by atomic mass is 10.7. The summed E-state index contributed by atoms with van der Waals surface area (Å²) in [5, 5.41) is 8.10. The van der Waals surface area contributed by atoms with Crippen LogP contribution >= 0.6 is 25.3 Å². The minimum atomic E-state index is 0.0378. The summed E-state index contributed by atoms with van der Waals surface area (Å²) < 4.78 is 0. The van der Waals surface area contributed by atoms with Crippen molar-refractivity contribution in [2.24, 2.45) is 0 Å². The highest BCUT2D eigenvalue weighted by Gasteiger charge is 1.92. The molecule has 0 bridgehead atoms. The zero-order valence-electron chi connectivity index (χ0n) is 3.79. The van der Waals surface area contributed by atoms with Crippen LogP contribution in [0, 0.1) is 17.9 Å². The zero-order chi connectivity index (χ0) is 6.57. The van der Waals surface area contributed by atoms with E-state index in [-0.39, 0.29) is 9.93 Å². The third-order valence-electron chi connectivity index (χ3n) is 0.424. The highest BCUT2D eigenvalue weighted by molar-refractivity contribution is 7.88. The van der Waals surface area contributed by atoms with Gasteiger partial charge in [-0.3, -0.25) is 0 Å². The van der Waals surface area contributed by atoms with Gasteiger partial charge in [-0.15, -0.1) is 12.6 Å². The van der Waals surface area contributed by atoms with E-state index < -0.39 is 0 Å². The summed E-state index contributed by atoms with van der Waals surface area (Å²) in [5.41, 5.74) is 0. The number of thiol groups is 2. The Hall–Kier alpha value is -0.580. The van der Waals surface area contributed by atoms with Gasteiger partial charge in [0.1, 0.15) is 0 Å². The molecule has 0 N–H and O–H groups in total. The standard InChI is InChI=1S/C4H2N2S2/c1-6-4(8)3(7)2-5/h7-8H/b4-3-. The van der Waals surface area contributed by atoms with E-state index in [4.69, 9.17) is 11.8 Å². The molecular formula is C4H2N2S2. The maximum Gasteiger partial charge on any atom is 0.241 e. The Morgan fingerprint density at radius 3 is 2.25 bits per heavy atom. The van der Waals surface area contributed by atoms with Gasteiger partial charge in [-0.25, -0.2) is 4.85 Å². The van der Waals surface area contributed by atoms with Crippen LogP contribution in [-0.4, -0.2) is 0 Å². The van der Waals surface area contributed by atoms with Crippen molar-refractivity contribution in [2.45, 2.75) is 0 Å². The van der Waals surface area contributed by atoms with Gasteiger partial charge in [0, 0.05) is 0 Å². The van der Waals surface area contributed by atoms with Crippen molar-refractivity contribution >= 4 is 25.3 Å². The number of allylic oxidation sites excluding steroid dienone is 1. The molecule has 0 aromatic carbocycles. The molecule has 0 aromatic heterocycles. The summed E-state index contributed by atoms with van der Waals surface area (Å²) in [6, 6.07) is 1.67. The first-order valence-corrected chi connectivity index (χ1v) is 2.51. The molecule has 0 saturated carbocycles. The summed E-state index contributed by atoms with van der Waals surface area (Å²) in [7, 11) is 0. The first-order chi connectivity index (χ1) is 3.72. The van der Waals surface area contributed by atoms with Crippen LogP contribution in [-0.2, 0) is 0 Å². The molecule has 0 radical (unpaired) electrons. The largest absolute Gasteiger partial charge is 0.241 e. The Kier molecular flexibility index (Phi) is 3.18. The predicted octanol–water partition coefficient (Wildman–Crippen LogP) is 1.46. The van der Waals surface area contributed by atoms with Gasteiger partial charge in [-0.05, 0) is 0 Å². The van der Waals surface area contributed by atoms with E-state index in [1.54, 1.807) is 6.07 Å². The summed E-state index contributed by atoms with van der Waals surface area (Å²) in [6.07, 6.45) is 0. The van der Waals surface area contributed by atoms with Crippen molar-refractivity contribution in [2.75, 3.05) is 0 Å². The van der Waals surface area contributed by atoms with E-state index in [0.717, 1.165) is 0 Å². The highest BCUT2D eigenvalue weighted by Crippen LogP contribution is 2.11. The number of hydrogen-bond donors (Lipinski definition) is 2. The summed E-state index contributed by atoms with van der Waals surface area (Å²) in [4.78, 5) is 2.91. The fourth-order valence-electron chi connectivity index (χ4n) is 0.103. The quantitative estimate of drug-likeness (QED) is 0.299. The van der Waals surface area contributed by atoms with Crippen LogP contribution in [0.25, 0.3) is 4.85 Å². The molecule has 8 heavy (non-hydrogen) atoms. The van der Waals surface area contributed by atoms with Crippen molar-refractivity contribution in [3.63, 3.8) is 0 Å². The third kappa shape index (κ3) is 1.92. The molecule has 4 heteroatoms. The molecule has 0 amide bonds. The average Bonchev–Trinajstić information content (AvgIpc) is 1.84. The van der Waals surface area contributed by atoms with E-state index >= 15 is 0 Å². The van der Waals surface area contributed by atoms with Gasteiger partial charge in [-0.2, -0.15) is 17.9 Å². The second kappa shape index (κ2) is 3.43. The molecule has 0 aliphatic rings. The second-order valence-electron chi connectivity index (χ2n) is 0.896. The molecule has 0 spiro atoms. The van der Waals surface area contributed by atoms with E-state index in [1.165, 1.54) is 0 Å². The molecule has 0 aromatic rings. The SMILES string of the molecule is [C-]#[N+]/C(S)=C(/S)C#N. The smallest absolute Gasteiger partial charge is 0.229 e. The Labute approximate surface area is 58.4 Å². The first kappa shape index (κ1) is 7.42. The second-order valence-corrected chi connectivity index (χ2v) is 1.77. The van der Waals surface area contributed by atoms with Crippen LogP contribution in [0.4, 0.5) is 0 Å². The third-order valence-corrected chi connectivity index (χ3v) is 1.24. The van der Waals surface area contributed by atoms with Crippen LogP contribution in [0.2, 0.25) is 0 Å². The minimum absolute atomic E-state index is 0.0378. The molecule has 0 saturated heterocycles. The molecule has 0 fully saturated rings. The van der Waals surface area contributed by atoms with Crippen LogP contribution in [0.15, 0.2) is 9.93 Å². The van der Waals surface area contributed by atoms with E-state index in [0.29, 0.717) is 0 Å². The summed E-state index contributed by atoms with van der Waals surface area (Å²) in [6.45, 7) is 6.33. The van der Waals surface area contributed by atoms with Gasteiger partial charge in [0.2, 0.25) is 5.03 Å². The molecule has 2 nitrogen and oxygen atoms in total. The fraction of sp³-hybridized carbons (Fsp3) is 0. The van der Waals surface area contributed by atoms with E-state index in [1.807, 2.05) is 0 Å². The summed E-state index contributed by atoms with van der Waals surface area (Å²) in [5.74, 6) is 0. The Morgan fingerprint density at radius 1 is 1.62 bits per heavy atom. The molecular weight excluding hydrogens is 140 g/mol. The molecule has 0 heterocycles. The van der Waals surface area contributed by atoms with E-state index in [2.05, 4.69) is 30.1 Å². The maximum absolute atomic E-state index is 8.06. The lowest BCUT2D eigenvalue weighted by molar-refractivity contribution is 1.52. The average molecular weight is 142 g/mol. The van der Waals surface area contributed by atoms with Crippen LogP contribution in [0.3, 0.4) is 0 Å². The van der Waals surface area contributed by atoms with Crippen LogP contribution in [0.5, 0.6) is 0 Å². The number of nitrogens with zero attached hydrogens (tertiary/aromatic N) is 2. The Morgan fingerprint density at radius 2 is 2.12 bits per heavy atom. The predicted molar refractivity (Wildman–Crippen MR) is 37.2 cm³/mol. The normalized spacial score (nSPS) is 11.0. The van der Waals surface area contributed by atoms with Gasteiger partial charge in [0.15, 0.2) is 0 Å². The number of rotatable bonds is 0. The van der Waals surface area contributed by atoms with Gasteiger partial charge in [0.05, 0.1) is 17.5 Å². The maximum atomic E-state index is 8.06. The van der Waals surface area contributed by atoms with Gasteiger partial charge in [-0.1, -0.05) is 0 Å². The van der Waals surface area contributed by atoms with Crippen molar-refractivity contribution in [3.8, 4) is 6.07 Å². The van der Waals surface area contributed by atoms with Gasteiger partial charge < -0.3 is 0 Å². The topological polar surface area (TPSA) is 28.1 Å². The van der Waals surface area contributed by atoms with Crippen LogP contribution < -0.4 is 0 Å². The zero-order valence-corrected chi connectivity index (χ0v) is 5.58. The lowest BCUT2D eigenvalue weighted by Gasteiger charge is -1.80. The summed E-state index contributed by atoms with van der Waals surface area (Å²) >= 11 is 7.26. The molecule has 0 atom stereocenters. The van der Waals surface area contributed by atoms with Crippen LogP contribution in [0.1, 0.15) is 0 Å². The first-order valence-electron chi connectivity index (χ1n) is 1.62. The number of hydrogen-bond acceptors (Lipinski definition) is 3. The van der Waals surface area contributed by atoms with Gasteiger partial charge in [0.25, 0.3) is 0 Å². The van der Waals surface area contributed by atoms with E-state index in [9.17, 15) is 0 Å². The fourth-order valence-corrected chi connectivity index (χ4v) is 0.203. The van der Waals surface area contributed by atoms with Crippen molar-refractivity contribution in [1.82, 2.24) is 0 Å². The monoisotopic (exact) mass is 142 g/mol. The van der Waals surface area contributed by atoms with Crippen molar-refractivity contribution in [3.05, 3.63) is 21.4 Å². The molecule has 0 aliphatic carbocycles.